The van der Waals surface area contributed by atoms with E-state index in [1.165, 1.54) is 0 Å². The van der Waals surface area contributed by atoms with Crippen LogP contribution in [0.3, 0.4) is 0 Å². The summed E-state index contributed by atoms with van der Waals surface area (Å²) in [6.07, 6.45) is 0. The molecule has 0 saturated heterocycles. The van der Waals surface area contributed by atoms with Gasteiger partial charge in [0.25, 0.3) is 0 Å². The molecule has 0 spiro atoms. The molecule has 2 N–H and O–H groups in total. The van der Waals surface area contributed by atoms with Crippen molar-refractivity contribution in [1.82, 2.24) is 9.78 Å². The summed E-state index contributed by atoms with van der Waals surface area (Å²) in [4.78, 5) is 0. The van der Waals surface area contributed by atoms with Crippen molar-refractivity contribution >= 4 is 0 Å². The summed E-state index contributed by atoms with van der Waals surface area (Å²) in [7, 11) is 0. The summed E-state index contributed by atoms with van der Waals surface area (Å²) in [5, 5.41) is 14.6. The molecule has 3 aromatic carbocycles. The zero-order valence-corrected chi connectivity index (χ0v) is 18.1. The molecule has 0 unspecified atom stereocenters. The number of fused-ring (bicyclic) bond motifs is 1. The molecular weight excluding hydrogens is 412 g/mol. The zero-order chi connectivity index (χ0) is 22.8. The van der Waals surface area contributed by atoms with Crippen LogP contribution in [0.4, 0.5) is 0 Å². The minimum absolute atomic E-state index is 0.0858. The number of nitriles is 1. The standard InChI is InChI=1S/C27H22N4O2/c1-18-24-25(20-11-8-14-22(15-20)32-17-19-9-4-2-5-10-19)23(16-28)26(29)33-27(24)31(30-18)21-12-6-3-7-13-21/h2-15,25H,17,29H2,1H3/t25-/m1/s1. The minimum atomic E-state index is -0.406. The normalized spacial score (nSPS) is 14.8. The predicted molar refractivity (Wildman–Crippen MR) is 125 cm³/mol. The first kappa shape index (κ1) is 20.4. The molecule has 6 heteroatoms. The van der Waals surface area contributed by atoms with Gasteiger partial charge in [0, 0.05) is 0 Å². The second kappa shape index (κ2) is 8.56. The van der Waals surface area contributed by atoms with Gasteiger partial charge in [-0.1, -0.05) is 60.7 Å². The van der Waals surface area contributed by atoms with Crippen molar-refractivity contribution < 1.29 is 9.47 Å². The molecule has 33 heavy (non-hydrogen) atoms. The molecule has 0 radical (unpaired) electrons. The number of benzene rings is 3. The van der Waals surface area contributed by atoms with E-state index in [0.717, 1.165) is 28.1 Å². The van der Waals surface area contributed by atoms with Crippen molar-refractivity contribution in [2.24, 2.45) is 5.73 Å². The first-order valence-corrected chi connectivity index (χ1v) is 10.6. The van der Waals surface area contributed by atoms with Gasteiger partial charge in [0.05, 0.1) is 22.9 Å². The van der Waals surface area contributed by atoms with E-state index in [-0.39, 0.29) is 5.88 Å². The van der Waals surface area contributed by atoms with E-state index in [0.29, 0.717) is 23.8 Å². The summed E-state index contributed by atoms with van der Waals surface area (Å²) >= 11 is 0. The smallest absolute Gasteiger partial charge is 0.229 e. The maximum absolute atomic E-state index is 9.93. The maximum Gasteiger partial charge on any atom is 0.229 e. The van der Waals surface area contributed by atoms with Crippen molar-refractivity contribution in [1.29, 1.82) is 5.26 Å². The Morgan fingerprint density at radius 2 is 1.76 bits per heavy atom. The van der Waals surface area contributed by atoms with Crippen LogP contribution in [0, 0.1) is 18.3 Å². The van der Waals surface area contributed by atoms with Gasteiger partial charge in [0.2, 0.25) is 11.8 Å². The van der Waals surface area contributed by atoms with Gasteiger partial charge in [-0.2, -0.15) is 10.4 Å². The van der Waals surface area contributed by atoms with Crippen LogP contribution >= 0.6 is 0 Å². The van der Waals surface area contributed by atoms with Gasteiger partial charge < -0.3 is 15.2 Å². The second-order valence-corrected chi connectivity index (χ2v) is 7.82. The number of hydrogen-bond donors (Lipinski definition) is 1. The van der Waals surface area contributed by atoms with Crippen molar-refractivity contribution in [2.75, 3.05) is 0 Å². The monoisotopic (exact) mass is 434 g/mol. The van der Waals surface area contributed by atoms with E-state index in [2.05, 4.69) is 6.07 Å². The minimum Gasteiger partial charge on any atom is -0.489 e. The van der Waals surface area contributed by atoms with E-state index < -0.39 is 5.92 Å². The molecule has 6 nitrogen and oxygen atoms in total. The van der Waals surface area contributed by atoms with Crippen molar-refractivity contribution in [2.45, 2.75) is 19.4 Å². The van der Waals surface area contributed by atoms with E-state index in [4.69, 9.17) is 20.3 Å². The lowest BCUT2D eigenvalue weighted by atomic mass is 9.84. The molecule has 0 fully saturated rings. The Bertz CT molecular complexity index is 1370. The Morgan fingerprint density at radius 1 is 1.03 bits per heavy atom. The van der Waals surface area contributed by atoms with Crippen LogP contribution in [0.2, 0.25) is 0 Å². The summed E-state index contributed by atoms with van der Waals surface area (Å²) in [6.45, 7) is 2.37. The number of rotatable bonds is 5. The van der Waals surface area contributed by atoms with E-state index in [1.807, 2.05) is 91.9 Å². The largest absolute Gasteiger partial charge is 0.489 e. The molecule has 1 aliphatic rings. The number of para-hydroxylation sites is 1. The molecule has 1 aliphatic heterocycles. The average molecular weight is 434 g/mol. The molecule has 162 valence electrons. The third-order valence-corrected chi connectivity index (χ3v) is 5.67. The van der Waals surface area contributed by atoms with Gasteiger partial charge in [-0.25, -0.2) is 4.68 Å². The first-order valence-electron chi connectivity index (χ1n) is 10.6. The molecule has 5 rings (SSSR count). The quantitative estimate of drug-likeness (QED) is 0.479. The number of hydrogen-bond acceptors (Lipinski definition) is 5. The van der Waals surface area contributed by atoms with Crippen LogP contribution in [-0.2, 0) is 6.61 Å². The summed E-state index contributed by atoms with van der Waals surface area (Å²) < 4.78 is 13.7. The lowest BCUT2D eigenvalue weighted by Crippen LogP contribution is -2.22. The van der Waals surface area contributed by atoms with Crippen LogP contribution < -0.4 is 15.2 Å². The second-order valence-electron chi connectivity index (χ2n) is 7.82. The van der Waals surface area contributed by atoms with Gasteiger partial charge in [0.15, 0.2) is 0 Å². The number of nitrogens with zero attached hydrogens (tertiary/aromatic N) is 3. The van der Waals surface area contributed by atoms with Crippen molar-refractivity contribution in [3.63, 3.8) is 0 Å². The first-order chi connectivity index (χ1) is 16.2. The Labute approximate surface area is 192 Å². The van der Waals surface area contributed by atoms with Crippen molar-refractivity contribution in [3.8, 4) is 23.4 Å². The zero-order valence-electron chi connectivity index (χ0n) is 18.1. The van der Waals surface area contributed by atoms with E-state index >= 15 is 0 Å². The third-order valence-electron chi connectivity index (χ3n) is 5.67. The van der Waals surface area contributed by atoms with Crippen LogP contribution in [0.15, 0.2) is 96.4 Å². The fourth-order valence-corrected chi connectivity index (χ4v) is 4.12. The molecule has 1 atom stereocenters. The molecule has 1 aromatic heterocycles. The Morgan fingerprint density at radius 3 is 2.48 bits per heavy atom. The molecule has 0 amide bonds. The van der Waals surface area contributed by atoms with Gasteiger partial charge in [-0.15, -0.1) is 0 Å². The number of allylic oxidation sites excluding steroid dienone is 1. The SMILES string of the molecule is Cc1nn(-c2ccccc2)c2c1[C@H](c1cccc(OCc3ccccc3)c1)C(C#N)=C(N)O2. The number of aryl methyl sites for hydroxylation is 1. The van der Waals surface area contributed by atoms with Crippen molar-refractivity contribution in [3.05, 3.63) is 119 Å². The van der Waals surface area contributed by atoms with Gasteiger partial charge in [0.1, 0.15) is 24.0 Å². The van der Waals surface area contributed by atoms with Crippen LogP contribution in [0.1, 0.15) is 28.3 Å². The molecule has 2 heterocycles. The van der Waals surface area contributed by atoms with E-state index in [9.17, 15) is 5.26 Å². The van der Waals surface area contributed by atoms with Gasteiger partial charge in [-0.3, -0.25) is 0 Å². The Hall–Kier alpha value is -4.50. The predicted octanol–water partition coefficient (Wildman–Crippen LogP) is 4.98. The lowest BCUT2D eigenvalue weighted by molar-refractivity contribution is 0.305. The summed E-state index contributed by atoms with van der Waals surface area (Å²) in [5.74, 6) is 0.920. The highest BCUT2D eigenvalue weighted by atomic mass is 16.5. The Balaban J connectivity index is 1.56. The summed E-state index contributed by atoms with van der Waals surface area (Å²) in [5.41, 5.74) is 11.0. The van der Waals surface area contributed by atoms with Crippen LogP contribution in [0.5, 0.6) is 11.6 Å². The molecule has 4 aromatic rings. The molecule has 0 saturated carbocycles. The van der Waals surface area contributed by atoms with Gasteiger partial charge in [-0.05, 0) is 42.3 Å². The van der Waals surface area contributed by atoms with E-state index in [1.54, 1.807) is 4.68 Å². The lowest BCUT2D eigenvalue weighted by Gasteiger charge is -2.25. The highest BCUT2D eigenvalue weighted by Gasteiger charge is 2.36. The fraction of sp³-hybridized carbons (Fsp3) is 0.111. The highest BCUT2D eigenvalue weighted by molar-refractivity contribution is 5.57. The fourth-order valence-electron chi connectivity index (χ4n) is 4.12. The number of aromatic nitrogens is 2. The van der Waals surface area contributed by atoms with Crippen LogP contribution in [0.25, 0.3) is 5.69 Å². The Kier molecular flexibility index (Phi) is 5.29. The molecule has 0 aliphatic carbocycles. The number of ether oxygens (including phenoxy) is 2. The third kappa shape index (κ3) is 3.81. The number of nitrogens with two attached hydrogens (primary N) is 1. The summed E-state index contributed by atoms with van der Waals surface area (Å²) in [6, 6.07) is 29.7. The molecule has 0 bridgehead atoms. The topological polar surface area (TPSA) is 86.1 Å². The van der Waals surface area contributed by atoms with Gasteiger partial charge >= 0.3 is 0 Å². The highest BCUT2D eigenvalue weighted by Crippen LogP contribution is 2.45. The molecular formula is C27H22N4O2. The van der Waals surface area contributed by atoms with Crippen LogP contribution in [-0.4, -0.2) is 9.78 Å². The average Bonchev–Trinajstić information content (AvgIpc) is 3.19. The maximum atomic E-state index is 9.93.